The molecular weight excluding hydrogens is 306 g/mol. The van der Waals surface area contributed by atoms with E-state index < -0.39 is 0 Å². The maximum atomic E-state index is 10.1. The van der Waals surface area contributed by atoms with Gasteiger partial charge in [-0.2, -0.15) is 0 Å². The zero-order valence-electron chi connectivity index (χ0n) is 13.6. The van der Waals surface area contributed by atoms with Crippen LogP contribution in [-0.4, -0.2) is 48.6 Å². The van der Waals surface area contributed by atoms with E-state index in [1.807, 2.05) is 6.08 Å². The van der Waals surface area contributed by atoms with Crippen LogP contribution in [0.4, 0.5) is 0 Å². The van der Waals surface area contributed by atoms with Gasteiger partial charge in [-0.1, -0.05) is 0 Å². The second kappa shape index (κ2) is 5.11. The Morgan fingerprint density at radius 2 is 2.12 bits per heavy atom. The standard InChI is InChI=1S/C19H19NO4/c1-22-19-14-9-20-5-4-12-7-17-18(24-10-23-17)8-13(12)15(20)6-11(14)2-3-16(19)21/h2-3,7-8,12,19H,4-6,9-10H2,1H3/p+1. The minimum absolute atomic E-state index is 0.297. The Morgan fingerprint density at radius 3 is 3.00 bits per heavy atom. The SMILES string of the molecule is COC1C(=[OH+])C=CC2=C1CN1CCC3C=C4OCOC4=CC3=C1C2. The van der Waals surface area contributed by atoms with E-state index in [0.717, 1.165) is 37.4 Å². The van der Waals surface area contributed by atoms with Crippen molar-refractivity contribution in [3.8, 4) is 0 Å². The van der Waals surface area contributed by atoms with Gasteiger partial charge in [-0.25, -0.2) is 0 Å². The molecule has 0 aromatic carbocycles. The summed E-state index contributed by atoms with van der Waals surface area (Å²) in [7, 11) is 1.65. The number of ketones is 1. The van der Waals surface area contributed by atoms with Crippen LogP contribution in [0.3, 0.4) is 0 Å². The smallest absolute Gasteiger partial charge is 0.349 e. The number of hydrogen-bond acceptors (Lipinski definition) is 4. The first-order chi connectivity index (χ1) is 11.7. The fourth-order valence-corrected chi connectivity index (χ4v) is 4.33. The second-order valence-electron chi connectivity index (χ2n) is 6.77. The quantitative estimate of drug-likeness (QED) is 0.693. The van der Waals surface area contributed by atoms with Crippen molar-refractivity contribution in [3.05, 3.63) is 58.2 Å². The van der Waals surface area contributed by atoms with Crippen LogP contribution in [-0.2, 0) is 14.2 Å². The number of fused-ring (bicyclic) bond motifs is 3. The molecule has 0 amide bonds. The zero-order valence-corrected chi connectivity index (χ0v) is 13.6. The molecule has 5 heteroatoms. The van der Waals surface area contributed by atoms with Gasteiger partial charge in [0.1, 0.15) is 0 Å². The van der Waals surface area contributed by atoms with E-state index in [0.29, 0.717) is 18.5 Å². The summed E-state index contributed by atoms with van der Waals surface area (Å²) in [6.07, 6.45) is 9.79. The molecule has 1 N–H and O–H groups in total. The van der Waals surface area contributed by atoms with Crippen molar-refractivity contribution in [1.29, 1.82) is 0 Å². The number of allylic oxidation sites excluding steroid dienone is 5. The lowest BCUT2D eigenvalue weighted by molar-refractivity contribution is 0.0977. The Labute approximate surface area is 140 Å². The van der Waals surface area contributed by atoms with E-state index in [2.05, 4.69) is 17.1 Å². The first-order valence-corrected chi connectivity index (χ1v) is 8.40. The van der Waals surface area contributed by atoms with Crippen LogP contribution in [0.15, 0.2) is 58.2 Å². The molecule has 5 aliphatic rings. The Hall–Kier alpha value is -2.27. The van der Waals surface area contributed by atoms with E-state index >= 15 is 0 Å². The molecule has 0 spiro atoms. The first kappa shape index (κ1) is 14.1. The lowest BCUT2D eigenvalue weighted by atomic mass is 9.79. The molecular formula is C19H20NO4+. The summed E-state index contributed by atoms with van der Waals surface area (Å²) in [6.45, 7) is 2.14. The van der Waals surface area contributed by atoms with Crippen molar-refractivity contribution in [3.63, 3.8) is 0 Å². The van der Waals surface area contributed by atoms with Crippen LogP contribution in [0, 0.1) is 5.92 Å². The molecule has 2 atom stereocenters. The molecule has 2 unspecified atom stereocenters. The van der Waals surface area contributed by atoms with Gasteiger partial charge < -0.3 is 19.1 Å². The molecule has 0 bridgehead atoms. The molecule has 2 aliphatic carbocycles. The van der Waals surface area contributed by atoms with Crippen LogP contribution in [0.25, 0.3) is 0 Å². The van der Waals surface area contributed by atoms with Crippen LogP contribution in [0.1, 0.15) is 12.8 Å². The third kappa shape index (κ3) is 1.94. The summed E-state index contributed by atoms with van der Waals surface area (Å²) in [5, 5.41) is 0. The summed E-state index contributed by atoms with van der Waals surface area (Å²) in [6, 6.07) is 0. The maximum absolute atomic E-state index is 10.1. The van der Waals surface area contributed by atoms with E-state index in [4.69, 9.17) is 14.2 Å². The largest absolute Gasteiger partial charge is 0.454 e. The Kier molecular flexibility index (Phi) is 3.00. The molecule has 0 aromatic heterocycles. The lowest BCUT2D eigenvalue weighted by Crippen LogP contribution is -2.42. The number of rotatable bonds is 1. The molecule has 0 saturated carbocycles. The van der Waals surface area contributed by atoms with E-state index in [-0.39, 0.29) is 6.10 Å². The molecule has 0 aromatic rings. The van der Waals surface area contributed by atoms with Gasteiger partial charge in [0.15, 0.2) is 17.6 Å². The van der Waals surface area contributed by atoms with Crippen molar-refractivity contribution in [2.75, 3.05) is 27.0 Å². The molecule has 124 valence electrons. The Balaban J connectivity index is 1.57. The van der Waals surface area contributed by atoms with Gasteiger partial charge in [-0.05, 0) is 41.4 Å². The maximum Gasteiger partial charge on any atom is 0.349 e. The zero-order chi connectivity index (χ0) is 16.3. The molecule has 3 heterocycles. The van der Waals surface area contributed by atoms with Crippen LogP contribution >= 0.6 is 0 Å². The molecule has 1 fully saturated rings. The van der Waals surface area contributed by atoms with Crippen molar-refractivity contribution in [1.82, 2.24) is 4.90 Å². The number of carbonyl (C=O) groups excluding carboxylic acids is 1. The van der Waals surface area contributed by atoms with Gasteiger partial charge in [0.05, 0.1) is 0 Å². The topological polar surface area (TPSA) is 52.3 Å². The minimum Gasteiger partial charge on any atom is -0.454 e. The fourth-order valence-electron chi connectivity index (χ4n) is 4.33. The third-order valence-corrected chi connectivity index (χ3v) is 5.54. The molecule has 5 nitrogen and oxygen atoms in total. The molecule has 0 radical (unpaired) electrons. The predicted molar refractivity (Wildman–Crippen MR) is 88.4 cm³/mol. The third-order valence-electron chi connectivity index (χ3n) is 5.54. The summed E-state index contributed by atoms with van der Waals surface area (Å²) >= 11 is 0. The lowest BCUT2D eigenvalue weighted by Gasteiger charge is -2.42. The van der Waals surface area contributed by atoms with Gasteiger partial charge in [0, 0.05) is 44.3 Å². The number of ether oxygens (including phenoxy) is 3. The van der Waals surface area contributed by atoms with Gasteiger partial charge in [-0.3, -0.25) is 4.79 Å². The Bertz CT molecular complexity index is 783. The summed E-state index contributed by atoms with van der Waals surface area (Å²) in [5.74, 6) is 2.45. The van der Waals surface area contributed by atoms with Crippen molar-refractivity contribution < 1.29 is 19.0 Å². The highest BCUT2D eigenvalue weighted by Gasteiger charge is 2.39. The van der Waals surface area contributed by atoms with Gasteiger partial charge in [0.25, 0.3) is 0 Å². The number of methoxy groups -OCH3 is 1. The monoisotopic (exact) mass is 326 g/mol. The van der Waals surface area contributed by atoms with E-state index in [1.54, 1.807) is 13.2 Å². The van der Waals surface area contributed by atoms with Crippen LogP contribution in [0.2, 0.25) is 0 Å². The first-order valence-electron chi connectivity index (χ1n) is 8.40. The highest BCUT2D eigenvalue weighted by atomic mass is 16.7. The van der Waals surface area contributed by atoms with E-state index in [1.165, 1.54) is 22.4 Å². The Morgan fingerprint density at radius 1 is 1.25 bits per heavy atom. The van der Waals surface area contributed by atoms with Crippen molar-refractivity contribution in [2.45, 2.75) is 18.9 Å². The van der Waals surface area contributed by atoms with E-state index in [9.17, 15) is 4.79 Å². The van der Waals surface area contributed by atoms with Gasteiger partial charge in [0.2, 0.25) is 6.79 Å². The average Bonchev–Trinajstić information content (AvgIpc) is 3.05. The fraction of sp³-hybridized carbons (Fsp3) is 0.421. The molecule has 1 saturated heterocycles. The number of hydrogen-bond donors (Lipinski definition) is 0. The average molecular weight is 326 g/mol. The van der Waals surface area contributed by atoms with Crippen LogP contribution < -0.4 is 0 Å². The van der Waals surface area contributed by atoms with Gasteiger partial charge in [-0.15, -0.1) is 0 Å². The highest BCUT2D eigenvalue weighted by Crippen LogP contribution is 2.43. The molecule has 5 rings (SSSR count). The second-order valence-corrected chi connectivity index (χ2v) is 6.77. The van der Waals surface area contributed by atoms with Crippen LogP contribution in [0.5, 0.6) is 0 Å². The van der Waals surface area contributed by atoms with Gasteiger partial charge >= 0.3 is 5.78 Å². The normalized spacial score (nSPS) is 30.7. The van der Waals surface area contributed by atoms with Crippen molar-refractivity contribution in [2.24, 2.45) is 5.92 Å². The summed E-state index contributed by atoms with van der Waals surface area (Å²) in [4.78, 5) is 12.5. The highest BCUT2D eigenvalue weighted by molar-refractivity contribution is 5.99. The summed E-state index contributed by atoms with van der Waals surface area (Å²) < 4.78 is 16.6. The predicted octanol–water partition coefficient (Wildman–Crippen LogP) is 2.18. The number of nitrogens with zero attached hydrogens (tertiary/aromatic N) is 1. The van der Waals surface area contributed by atoms with Crippen molar-refractivity contribution >= 4 is 5.78 Å². The minimum atomic E-state index is -0.308. The molecule has 24 heavy (non-hydrogen) atoms. The molecule has 3 aliphatic heterocycles. The summed E-state index contributed by atoms with van der Waals surface area (Å²) in [5.41, 5.74) is 5.15.